The van der Waals surface area contributed by atoms with Crippen LogP contribution in [0.3, 0.4) is 0 Å². The van der Waals surface area contributed by atoms with Crippen LogP contribution in [0.25, 0.3) is 22.0 Å². The van der Waals surface area contributed by atoms with Gasteiger partial charge in [0.05, 0.1) is 18.4 Å². The molecule has 0 spiro atoms. The van der Waals surface area contributed by atoms with E-state index in [1.54, 1.807) is 41.3 Å². The predicted molar refractivity (Wildman–Crippen MR) is 128 cm³/mol. The number of aromatic nitrogens is 2. The smallest absolute Gasteiger partial charge is 0.289 e. The van der Waals surface area contributed by atoms with Crippen LogP contribution in [-0.2, 0) is 0 Å². The van der Waals surface area contributed by atoms with E-state index in [2.05, 4.69) is 9.97 Å². The first-order valence-corrected chi connectivity index (χ1v) is 11.3. The molecule has 1 aliphatic rings. The van der Waals surface area contributed by atoms with Crippen LogP contribution in [0.2, 0.25) is 10.0 Å². The number of hydrogen-bond acceptors (Lipinski definition) is 6. The summed E-state index contributed by atoms with van der Waals surface area (Å²) in [5.41, 5.74) is 0.733. The van der Waals surface area contributed by atoms with Crippen LogP contribution in [0.4, 0.5) is 10.2 Å². The summed E-state index contributed by atoms with van der Waals surface area (Å²) in [5.74, 6) is 0.556. The molecule has 34 heavy (non-hydrogen) atoms. The van der Waals surface area contributed by atoms with E-state index in [0.29, 0.717) is 59.5 Å². The first-order valence-electron chi connectivity index (χ1n) is 10.5. The zero-order chi connectivity index (χ0) is 23.8. The van der Waals surface area contributed by atoms with Gasteiger partial charge < -0.3 is 19.0 Å². The normalized spacial score (nSPS) is 14.0. The van der Waals surface area contributed by atoms with Crippen molar-refractivity contribution in [2.45, 2.75) is 0 Å². The number of nitrogens with zero attached hydrogens (tertiary/aromatic N) is 4. The van der Waals surface area contributed by atoms with Gasteiger partial charge >= 0.3 is 0 Å². The zero-order valence-corrected chi connectivity index (χ0v) is 19.6. The van der Waals surface area contributed by atoms with E-state index in [1.807, 2.05) is 4.90 Å². The van der Waals surface area contributed by atoms with Gasteiger partial charge in [-0.2, -0.15) is 0 Å². The van der Waals surface area contributed by atoms with E-state index >= 15 is 4.39 Å². The number of amides is 1. The summed E-state index contributed by atoms with van der Waals surface area (Å²) in [7, 11) is 1.50. The van der Waals surface area contributed by atoms with Crippen LogP contribution in [0.15, 0.2) is 53.4 Å². The Kier molecular flexibility index (Phi) is 6.02. The molecule has 4 aromatic rings. The molecule has 0 unspecified atom stereocenters. The topological polar surface area (TPSA) is 71.7 Å². The van der Waals surface area contributed by atoms with Crippen molar-refractivity contribution in [3.05, 3.63) is 70.6 Å². The highest BCUT2D eigenvalue weighted by atomic mass is 35.5. The maximum atomic E-state index is 15.8. The minimum absolute atomic E-state index is 0.139. The molecular weight excluding hydrogens is 482 g/mol. The second-order valence-corrected chi connectivity index (χ2v) is 8.59. The molecule has 2 aromatic heterocycles. The molecule has 2 aromatic carbocycles. The Labute approximate surface area is 204 Å². The number of anilines is 1. The molecule has 0 saturated carbocycles. The first-order chi connectivity index (χ1) is 16.5. The monoisotopic (exact) mass is 500 g/mol. The molecule has 0 radical (unpaired) electrons. The molecule has 0 aliphatic carbocycles. The van der Waals surface area contributed by atoms with Crippen molar-refractivity contribution < 1.29 is 18.3 Å². The minimum atomic E-state index is -0.585. The average molecular weight is 501 g/mol. The molecule has 0 atom stereocenters. The van der Waals surface area contributed by atoms with Gasteiger partial charge in [-0.15, -0.1) is 0 Å². The number of benzene rings is 2. The minimum Gasteiger partial charge on any atom is -0.496 e. The Bertz CT molecular complexity index is 1370. The summed E-state index contributed by atoms with van der Waals surface area (Å²) < 4.78 is 26.4. The number of rotatable bonds is 4. The SMILES string of the molecule is COc1ccc(Cl)cc1-c1c(Cl)cc2c(N3CCN(C(=O)c4ccco4)CC3)ncnc2c1F. The maximum absolute atomic E-state index is 15.8. The van der Waals surface area contributed by atoms with Gasteiger partial charge in [-0.3, -0.25) is 4.79 Å². The number of furan rings is 1. The summed E-state index contributed by atoms with van der Waals surface area (Å²) in [5, 5.41) is 1.10. The molecule has 174 valence electrons. The highest BCUT2D eigenvalue weighted by Crippen LogP contribution is 2.42. The summed E-state index contributed by atoms with van der Waals surface area (Å²) in [6.07, 6.45) is 2.80. The number of fused-ring (bicyclic) bond motifs is 1. The molecule has 7 nitrogen and oxygen atoms in total. The predicted octanol–water partition coefficient (Wildman–Crippen LogP) is 5.31. The Morgan fingerprint density at radius 3 is 2.62 bits per heavy atom. The highest BCUT2D eigenvalue weighted by Gasteiger charge is 2.27. The number of ether oxygens (including phenoxy) is 1. The van der Waals surface area contributed by atoms with Crippen molar-refractivity contribution in [2.75, 3.05) is 38.2 Å². The van der Waals surface area contributed by atoms with Crippen molar-refractivity contribution in [2.24, 2.45) is 0 Å². The summed E-state index contributed by atoms with van der Waals surface area (Å²) >= 11 is 12.7. The van der Waals surface area contributed by atoms with E-state index in [-0.39, 0.29) is 22.0 Å². The van der Waals surface area contributed by atoms with Crippen molar-refractivity contribution in [3.63, 3.8) is 0 Å². The molecule has 5 rings (SSSR count). The molecule has 1 saturated heterocycles. The number of carbonyl (C=O) groups is 1. The van der Waals surface area contributed by atoms with Crippen LogP contribution < -0.4 is 9.64 Å². The van der Waals surface area contributed by atoms with E-state index in [0.717, 1.165) is 0 Å². The van der Waals surface area contributed by atoms with Gasteiger partial charge in [0, 0.05) is 47.7 Å². The maximum Gasteiger partial charge on any atom is 0.289 e. The first kappa shape index (κ1) is 22.4. The molecule has 1 amide bonds. The lowest BCUT2D eigenvalue weighted by atomic mass is 10.0. The van der Waals surface area contributed by atoms with Crippen molar-refractivity contribution in [3.8, 4) is 16.9 Å². The quantitative estimate of drug-likeness (QED) is 0.378. The van der Waals surface area contributed by atoms with Crippen LogP contribution in [-0.4, -0.2) is 54.1 Å². The second-order valence-electron chi connectivity index (χ2n) is 7.74. The number of hydrogen-bond donors (Lipinski definition) is 0. The molecule has 10 heteroatoms. The molecule has 3 heterocycles. The number of carbonyl (C=O) groups excluding carboxylic acids is 1. The molecular formula is C24H19Cl2FN4O3. The fourth-order valence-corrected chi connectivity index (χ4v) is 4.63. The lowest BCUT2D eigenvalue weighted by molar-refractivity contribution is 0.0714. The van der Waals surface area contributed by atoms with Crippen LogP contribution in [0.5, 0.6) is 5.75 Å². The van der Waals surface area contributed by atoms with E-state index in [4.69, 9.17) is 32.4 Å². The molecule has 0 bridgehead atoms. The zero-order valence-electron chi connectivity index (χ0n) is 18.1. The van der Waals surface area contributed by atoms with Crippen molar-refractivity contribution in [1.82, 2.24) is 14.9 Å². The van der Waals surface area contributed by atoms with E-state index in [1.165, 1.54) is 19.7 Å². The summed E-state index contributed by atoms with van der Waals surface area (Å²) in [6, 6.07) is 9.91. The molecule has 1 fully saturated rings. The van der Waals surface area contributed by atoms with Crippen molar-refractivity contribution >= 4 is 45.8 Å². The van der Waals surface area contributed by atoms with Crippen LogP contribution in [0, 0.1) is 5.82 Å². The summed E-state index contributed by atoms with van der Waals surface area (Å²) in [6.45, 7) is 1.97. The lowest BCUT2D eigenvalue weighted by Gasteiger charge is -2.35. The average Bonchev–Trinajstić information content (AvgIpc) is 3.39. The number of piperazine rings is 1. The Morgan fingerprint density at radius 1 is 1.12 bits per heavy atom. The largest absolute Gasteiger partial charge is 0.496 e. The van der Waals surface area contributed by atoms with Gasteiger partial charge in [0.15, 0.2) is 11.6 Å². The molecule has 0 N–H and O–H groups in total. The van der Waals surface area contributed by atoms with Crippen LogP contribution in [0.1, 0.15) is 10.6 Å². The Morgan fingerprint density at radius 2 is 1.91 bits per heavy atom. The van der Waals surface area contributed by atoms with E-state index in [9.17, 15) is 4.79 Å². The number of methoxy groups -OCH3 is 1. The Hall–Kier alpha value is -3.36. The van der Waals surface area contributed by atoms with Gasteiger partial charge in [-0.25, -0.2) is 14.4 Å². The highest BCUT2D eigenvalue weighted by molar-refractivity contribution is 6.35. The van der Waals surface area contributed by atoms with Crippen LogP contribution >= 0.6 is 23.2 Å². The van der Waals surface area contributed by atoms with E-state index < -0.39 is 5.82 Å². The van der Waals surface area contributed by atoms with Gasteiger partial charge in [0.1, 0.15) is 23.4 Å². The molecule has 1 aliphatic heterocycles. The fourth-order valence-electron chi connectivity index (χ4n) is 4.17. The van der Waals surface area contributed by atoms with Gasteiger partial charge in [-0.1, -0.05) is 23.2 Å². The summed E-state index contributed by atoms with van der Waals surface area (Å²) in [4.78, 5) is 24.9. The van der Waals surface area contributed by atoms with Gasteiger partial charge in [-0.05, 0) is 36.4 Å². The standard InChI is InChI=1S/C24H19Cl2FN4O3/c1-33-18-5-4-14(25)11-15(18)20-17(26)12-16-22(21(20)27)28-13-29-23(16)30-6-8-31(9-7-30)24(32)19-3-2-10-34-19/h2-5,10-13H,6-9H2,1H3. The second kappa shape index (κ2) is 9.12. The Balaban J connectivity index is 1.49. The third kappa shape index (κ3) is 3.93. The van der Waals surface area contributed by atoms with Gasteiger partial charge in [0.25, 0.3) is 5.91 Å². The van der Waals surface area contributed by atoms with Gasteiger partial charge in [0.2, 0.25) is 0 Å². The fraction of sp³-hybridized carbons (Fsp3) is 0.208. The van der Waals surface area contributed by atoms with Crippen molar-refractivity contribution in [1.29, 1.82) is 0 Å². The number of halogens is 3. The third-order valence-corrected chi connectivity index (χ3v) is 6.36. The third-order valence-electron chi connectivity index (χ3n) is 5.83. The lowest BCUT2D eigenvalue weighted by Crippen LogP contribution is -2.49.